The van der Waals surface area contributed by atoms with Gasteiger partial charge in [-0.15, -0.1) is 0 Å². The Morgan fingerprint density at radius 3 is 2.06 bits per heavy atom. The number of hydrogen-bond donors (Lipinski definition) is 2. The fraction of sp³-hybridized carbons (Fsp3) is 0.200. The predicted molar refractivity (Wildman–Crippen MR) is 75.1 cm³/mol. The Labute approximate surface area is 103 Å². The second-order valence-corrected chi connectivity index (χ2v) is 3.93. The minimum Gasteiger partial charge on any atom is -0.386 e. The number of para-hydroxylation sites is 3. The summed E-state index contributed by atoms with van der Waals surface area (Å²) in [5, 5.41) is 6.67. The third-order valence-electron chi connectivity index (χ3n) is 2.86. The van der Waals surface area contributed by atoms with E-state index in [0.29, 0.717) is 0 Å². The van der Waals surface area contributed by atoms with Crippen molar-refractivity contribution in [3.63, 3.8) is 0 Å². The molecule has 0 saturated carbocycles. The molecule has 0 aliphatic carbocycles. The maximum atomic E-state index is 3.48. The van der Waals surface area contributed by atoms with Crippen LogP contribution in [0.25, 0.3) is 0 Å². The third-order valence-corrected chi connectivity index (χ3v) is 2.86. The summed E-state index contributed by atoms with van der Waals surface area (Å²) in [7, 11) is 1.94. The first kappa shape index (κ1) is 11.5. The van der Waals surface area contributed by atoms with E-state index >= 15 is 0 Å². The molecule has 0 radical (unpaired) electrons. The molecular weight excluding hydrogens is 208 g/mol. The van der Waals surface area contributed by atoms with Crippen LogP contribution in [0.3, 0.4) is 0 Å². The Kier molecular flexibility index (Phi) is 3.66. The molecule has 2 N–H and O–H groups in total. The highest BCUT2D eigenvalue weighted by Gasteiger charge is 2.02. The fourth-order valence-corrected chi connectivity index (χ4v) is 1.91. The normalized spacial score (nSPS) is 10.0. The maximum absolute atomic E-state index is 3.48. The summed E-state index contributed by atoms with van der Waals surface area (Å²) in [6, 6.07) is 16.6. The Balaban J connectivity index is 2.31. The standard InChI is InChI=1S/C15H18N2/c1-3-12-8-4-5-9-13(12)17-15-11-7-6-10-14(15)16-2/h4-11,16-17H,3H2,1-2H3. The molecule has 0 spiro atoms. The average Bonchev–Trinajstić information content (AvgIpc) is 2.40. The molecule has 0 atom stereocenters. The number of rotatable bonds is 4. The summed E-state index contributed by atoms with van der Waals surface area (Å²) in [6.45, 7) is 2.17. The Morgan fingerprint density at radius 1 is 0.824 bits per heavy atom. The van der Waals surface area contributed by atoms with Gasteiger partial charge in [-0.3, -0.25) is 0 Å². The Morgan fingerprint density at radius 2 is 1.41 bits per heavy atom. The number of aryl methyl sites for hydroxylation is 1. The van der Waals surface area contributed by atoms with Crippen molar-refractivity contribution in [2.24, 2.45) is 0 Å². The van der Waals surface area contributed by atoms with E-state index in [9.17, 15) is 0 Å². The van der Waals surface area contributed by atoms with E-state index in [4.69, 9.17) is 0 Å². The van der Waals surface area contributed by atoms with Crippen LogP contribution in [0, 0.1) is 0 Å². The summed E-state index contributed by atoms with van der Waals surface area (Å²) in [5.41, 5.74) is 4.73. The Hall–Kier alpha value is -1.96. The van der Waals surface area contributed by atoms with E-state index < -0.39 is 0 Å². The molecule has 0 aromatic heterocycles. The molecule has 0 fully saturated rings. The highest BCUT2D eigenvalue weighted by atomic mass is 14.9. The zero-order valence-corrected chi connectivity index (χ0v) is 10.3. The number of benzene rings is 2. The topological polar surface area (TPSA) is 24.1 Å². The lowest BCUT2D eigenvalue weighted by Gasteiger charge is -2.14. The Bertz CT molecular complexity index is 446. The minimum atomic E-state index is 1.03. The summed E-state index contributed by atoms with van der Waals surface area (Å²) in [6.07, 6.45) is 1.03. The van der Waals surface area contributed by atoms with Crippen LogP contribution in [0.1, 0.15) is 12.5 Å². The van der Waals surface area contributed by atoms with Gasteiger partial charge in [0.2, 0.25) is 0 Å². The monoisotopic (exact) mass is 226 g/mol. The molecule has 2 rings (SSSR count). The minimum absolute atomic E-state index is 1.03. The van der Waals surface area contributed by atoms with Crippen molar-refractivity contribution >= 4 is 17.1 Å². The molecule has 0 saturated heterocycles. The lowest BCUT2D eigenvalue weighted by atomic mass is 10.1. The lowest BCUT2D eigenvalue weighted by Crippen LogP contribution is -1.98. The first-order chi connectivity index (χ1) is 8.35. The van der Waals surface area contributed by atoms with Gasteiger partial charge >= 0.3 is 0 Å². The molecule has 0 unspecified atom stereocenters. The first-order valence-corrected chi connectivity index (χ1v) is 5.97. The van der Waals surface area contributed by atoms with Crippen LogP contribution in [0.15, 0.2) is 48.5 Å². The van der Waals surface area contributed by atoms with Gasteiger partial charge < -0.3 is 10.6 Å². The van der Waals surface area contributed by atoms with E-state index in [1.165, 1.54) is 11.3 Å². The van der Waals surface area contributed by atoms with Gasteiger partial charge in [-0.05, 0) is 30.2 Å². The van der Waals surface area contributed by atoms with Crippen LogP contribution in [-0.2, 0) is 6.42 Å². The molecule has 0 bridgehead atoms. The molecule has 2 aromatic carbocycles. The van der Waals surface area contributed by atoms with Crippen LogP contribution in [0.2, 0.25) is 0 Å². The van der Waals surface area contributed by atoms with Crippen LogP contribution in [0.5, 0.6) is 0 Å². The van der Waals surface area contributed by atoms with Gasteiger partial charge in [-0.1, -0.05) is 37.3 Å². The maximum Gasteiger partial charge on any atom is 0.0619 e. The van der Waals surface area contributed by atoms with Crippen molar-refractivity contribution < 1.29 is 0 Å². The SMILES string of the molecule is CCc1ccccc1Nc1ccccc1NC. The van der Waals surface area contributed by atoms with Crippen molar-refractivity contribution in [1.82, 2.24) is 0 Å². The van der Waals surface area contributed by atoms with Gasteiger partial charge in [0.05, 0.1) is 11.4 Å². The second kappa shape index (κ2) is 5.39. The van der Waals surface area contributed by atoms with Gasteiger partial charge in [0.25, 0.3) is 0 Å². The molecule has 2 heteroatoms. The zero-order valence-electron chi connectivity index (χ0n) is 10.3. The van der Waals surface area contributed by atoms with Gasteiger partial charge in [0.15, 0.2) is 0 Å². The molecule has 0 amide bonds. The van der Waals surface area contributed by atoms with E-state index in [1.807, 2.05) is 19.2 Å². The van der Waals surface area contributed by atoms with E-state index in [1.54, 1.807) is 0 Å². The summed E-state index contributed by atoms with van der Waals surface area (Å²) in [4.78, 5) is 0. The zero-order chi connectivity index (χ0) is 12.1. The molecule has 0 aliphatic rings. The van der Waals surface area contributed by atoms with Crippen molar-refractivity contribution in [1.29, 1.82) is 0 Å². The predicted octanol–water partition coefficient (Wildman–Crippen LogP) is 4.03. The summed E-state index contributed by atoms with van der Waals surface area (Å²) in [5.74, 6) is 0. The van der Waals surface area contributed by atoms with Crippen molar-refractivity contribution in [3.8, 4) is 0 Å². The third kappa shape index (κ3) is 2.59. The van der Waals surface area contributed by atoms with Gasteiger partial charge in [-0.25, -0.2) is 0 Å². The van der Waals surface area contributed by atoms with Crippen molar-refractivity contribution in [2.75, 3.05) is 17.7 Å². The molecule has 17 heavy (non-hydrogen) atoms. The lowest BCUT2D eigenvalue weighted by molar-refractivity contribution is 1.14. The van der Waals surface area contributed by atoms with E-state index in [-0.39, 0.29) is 0 Å². The average molecular weight is 226 g/mol. The van der Waals surface area contributed by atoms with Crippen LogP contribution >= 0.6 is 0 Å². The quantitative estimate of drug-likeness (QED) is 0.822. The van der Waals surface area contributed by atoms with Gasteiger partial charge in [-0.2, -0.15) is 0 Å². The smallest absolute Gasteiger partial charge is 0.0619 e. The van der Waals surface area contributed by atoms with Gasteiger partial charge in [0.1, 0.15) is 0 Å². The van der Waals surface area contributed by atoms with Crippen LogP contribution in [-0.4, -0.2) is 7.05 Å². The summed E-state index contributed by atoms with van der Waals surface area (Å²) >= 11 is 0. The molecular formula is C15H18N2. The molecule has 88 valence electrons. The van der Waals surface area contributed by atoms with Crippen LogP contribution < -0.4 is 10.6 Å². The van der Waals surface area contributed by atoms with Crippen molar-refractivity contribution in [3.05, 3.63) is 54.1 Å². The van der Waals surface area contributed by atoms with Gasteiger partial charge in [0, 0.05) is 12.7 Å². The molecule has 0 heterocycles. The number of hydrogen-bond acceptors (Lipinski definition) is 2. The number of nitrogens with one attached hydrogen (secondary N) is 2. The van der Waals surface area contributed by atoms with E-state index in [0.717, 1.165) is 17.8 Å². The fourth-order valence-electron chi connectivity index (χ4n) is 1.91. The first-order valence-electron chi connectivity index (χ1n) is 5.97. The highest BCUT2D eigenvalue weighted by molar-refractivity contribution is 5.75. The highest BCUT2D eigenvalue weighted by Crippen LogP contribution is 2.26. The largest absolute Gasteiger partial charge is 0.386 e. The van der Waals surface area contributed by atoms with E-state index in [2.05, 4.69) is 54.0 Å². The second-order valence-electron chi connectivity index (χ2n) is 3.93. The van der Waals surface area contributed by atoms with Crippen molar-refractivity contribution in [2.45, 2.75) is 13.3 Å². The molecule has 0 aliphatic heterocycles. The summed E-state index contributed by atoms with van der Waals surface area (Å²) < 4.78 is 0. The molecule has 2 nitrogen and oxygen atoms in total. The molecule has 2 aromatic rings. The van der Waals surface area contributed by atoms with Crippen LogP contribution in [0.4, 0.5) is 17.1 Å². The number of anilines is 3.